The lowest BCUT2D eigenvalue weighted by Gasteiger charge is -2.26. The molecule has 7 nitrogen and oxygen atoms in total. The number of amides is 1. The number of hydrogen-bond donors (Lipinski definition) is 1. The summed E-state index contributed by atoms with van der Waals surface area (Å²) in [6, 6.07) is 9.89. The van der Waals surface area contributed by atoms with Crippen molar-refractivity contribution in [2.24, 2.45) is 0 Å². The first-order valence-electron chi connectivity index (χ1n) is 12.3. The molecule has 38 heavy (non-hydrogen) atoms. The van der Waals surface area contributed by atoms with Crippen LogP contribution in [-0.2, 0) is 16.1 Å². The first kappa shape index (κ1) is 26.8. The standard InChI is InChI=1S/C29H28F2N2O5/c1-3-4-5-14-38-20-7-8-21(22(30)16-20)26-25(27(34)19-6-9-24(37-2)23(31)15-19)28(35)29(36)33(26)17-18-10-12-32-13-11-18/h6-13,15-16,26,34H,3-5,14,17H2,1-2H3. The molecule has 0 saturated carbocycles. The van der Waals surface area contributed by atoms with Crippen LogP contribution in [0, 0.1) is 11.6 Å². The van der Waals surface area contributed by atoms with Crippen LogP contribution in [-0.4, -0.2) is 40.4 Å². The van der Waals surface area contributed by atoms with Crippen LogP contribution in [0.15, 0.2) is 66.5 Å². The first-order valence-corrected chi connectivity index (χ1v) is 12.3. The van der Waals surface area contributed by atoms with Crippen LogP contribution in [0.25, 0.3) is 5.76 Å². The Morgan fingerprint density at radius 2 is 1.79 bits per heavy atom. The van der Waals surface area contributed by atoms with Gasteiger partial charge in [0.25, 0.3) is 11.7 Å². The quantitative estimate of drug-likeness (QED) is 0.162. The van der Waals surface area contributed by atoms with E-state index in [-0.39, 0.29) is 29.0 Å². The average Bonchev–Trinajstić information content (AvgIpc) is 3.16. The summed E-state index contributed by atoms with van der Waals surface area (Å²) < 4.78 is 40.5. The van der Waals surface area contributed by atoms with Crippen molar-refractivity contribution in [2.75, 3.05) is 13.7 Å². The molecule has 1 aliphatic heterocycles. The second kappa shape index (κ2) is 11.9. The molecule has 1 atom stereocenters. The Bertz CT molecular complexity index is 1360. The lowest BCUT2D eigenvalue weighted by molar-refractivity contribution is -0.140. The lowest BCUT2D eigenvalue weighted by Crippen LogP contribution is -2.29. The zero-order valence-corrected chi connectivity index (χ0v) is 21.1. The largest absolute Gasteiger partial charge is 0.507 e. The highest BCUT2D eigenvalue weighted by Crippen LogP contribution is 2.42. The molecule has 4 rings (SSSR count). The minimum absolute atomic E-state index is 0.00491. The lowest BCUT2D eigenvalue weighted by atomic mass is 9.94. The van der Waals surface area contributed by atoms with E-state index in [4.69, 9.17) is 9.47 Å². The number of aliphatic hydroxyl groups is 1. The topological polar surface area (TPSA) is 89.0 Å². The van der Waals surface area contributed by atoms with E-state index in [1.54, 1.807) is 18.2 Å². The second-order valence-corrected chi connectivity index (χ2v) is 8.87. The summed E-state index contributed by atoms with van der Waals surface area (Å²) in [7, 11) is 1.29. The SMILES string of the molecule is CCCCCOc1ccc(C2C(=C(O)c3ccc(OC)c(F)c3)C(=O)C(=O)N2Cc2ccncc2)c(F)c1. The molecule has 1 amide bonds. The summed E-state index contributed by atoms with van der Waals surface area (Å²) in [5.74, 6) is -3.76. The van der Waals surface area contributed by atoms with Crippen molar-refractivity contribution in [2.45, 2.75) is 38.8 Å². The van der Waals surface area contributed by atoms with E-state index in [0.29, 0.717) is 17.9 Å². The van der Waals surface area contributed by atoms with Gasteiger partial charge in [0.1, 0.15) is 17.3 Å². The van der Waals surface area contributed by atoms with Crippen molar-refractivity contribution < 1.29 is 33.0 Å². The number of methoxy groups -OCH3 is 1. The second-order valence-electron chi connectivity index (χ2n) is 8.87. The number of unbranched alkanes of at least 4 members (excludes halogenated alkanes) is 2. The Morgan fingerprint density at radius 3 is 2.45 bits per heavy atom. The van der Waals surface area contributed by atoms with E-state index in [1.807, 2.05) is 0 Å². The van der Waals surface area contributed by atoms with Gasteiger partial charge in [0, 0.05) is 36.1 Å². The molecule has 1 unspecified atom stereocenters. The molecule has 198 valence electrons. The summed E-state index contributed by atoms with van der Waals surface area (Å²) >= 11 is 0. The predicted molar refractivity (Wildman–Crippen MR) is 136 cm³/mol. The maximum atomic E-state index is 15.5. The molecule has 2 heterocycles. The number of halogens is 2. The van der Waals surface area contributed by atoms with Crippen molar-refractivity contribution in [3.63, 3.8) is 0 Å². The molecular formula is C29H28F2N2O5. The third kappa shape index (κ3) is 5.51. The van der Waals surface area contributed by atoms with Gasteiger partial charge in [0.15, 0.2) is 11.6 Å². The number of carbonyl (C=O) groups is 2. The molecule has 1 N–H and O–H groups in total. The number of likely N-dealkylation sites (tertiary alicyclic amines) is 1. The molecule has 0 spiro atoms. The average molecular weight is 523 g/mol. The zero-order valence-electron chi connectivity index (χ0n) is 21.1. The molecule has 0 radical (unpaired) electrons. The highest BCUT2D eigenvalue weighted by Gasteiger charge is 2.47. The fraction of sp³-hybridized carbons (Fsp3) is 0.276. The summed E-state index contributed by atoms with van der Waals surface area (Å²) in [6.45, 7) is 2.45. The summed E-state index contributed by atoms with van der Waals surface area (Å²) in [5.41, 5.74) is 0.254. The Morgan fingerprint density at radius 1 is 1.03 bits per heavy atom. The molecule has 1 saturated heterocycles. The number of carbonyl (C=O) groups excluding carboxylic acids is 2. The van der Waals surface area contributed by atoms with Gasteiger partial charge in [-0.3, -0.25) is 14.6 Å². The maximum Gasteiger partial charge on any atom is 0.295 e. The molecule has 3 aromatic rings. The number of pyridine rings is 1. The van der Waals surface area contributed by atoms with Gasteiger partial charge in [-0.2, -0.15) is 0 Å². The van der Waals surface area contributed by atoms with Gasteiger partial charge in [-0.25, -0.2) is 8.78 Å². The number of ether oxygens (including phenoxy) is 2. The van der Waals surface area contributed by atoms with Gasteiger partial charge >= 0.3 is 0 Å². The van der Waals surface area contributed by atoms with Crippen LogP contribution >= 0.6 is 0 Å². The van der Waals surface area contributed by atoms with E-state index in [0.717, 1.165) is 25.3 Å². The van der Waals surface area contributed by atoms with Crippen molar-refractivity contribution in [1.82, 2.24) is 9.88 Å². The third-order valence-corrected chi connectivity index (χ3v) is 6.35. The van der Waals surface area contributed by atoms with E-state index >= 15 is 4.39 Å². The number of aromatic nitrogens is 1. The molecule has 1 fully saturated rings. The van der Waals surface area contributed by atoms with Gasteiger partial charge in [-0.15, -0.1) is 0 Å². The fourth-order valence-corrected chi connectivity index (χ4v) is 4.38. The monoisotopic (exact) mass is 522 g/mol. The Labute approximate surface area is 219 Å². The van der Waals surface area contributed by atoms with Crippen LogP contribution in [0.2, 0.25) is 0 Å². The fourth-order valence-electron chi connectivity index (χ4n) is 4.38. The van der Waals surface area contributed by atoms with E-state index < -0.39 is 35.1 Å². The smallest absolute Gasteiger partial charge is 0.295 e. The number of Topliss-reactive ketones (excluding diaryl/α,β-unsaturated/α-hetero) is 1. The number of nitrogens with zero attached hydrogens (tertiary/aromatic N) is 2. The van der Waals surface area contributed by atoms with Gasteiger partial charge < -0.3 is 19.5 Å². The first-order chi connectivity index (χ1) is 18.3. The van der Waals surface area contributed by atoms with E-state index in [9.17, 15) is 19.1 Å². The molecule has 0 aliphatic carbocycles. The summed E-state index contributed by atoms with van der Waals surface area (Å²) in [4.78, 5) is 31.5. The molecule has 1 aliphatic rings. The number of aliphatic hydroxyl groups excluding tert-OH is 1. The summed E-state index contributed by atoms with van der Waals surface area (Å²) in [5, 5.41) is 11.1. The molecule has 9 heteroatoms. The number of ketones is 1. The highest BCUT2D eigenvalue weighted by atomic mass is 19.1. The van der Waals surface area contributed by atoms with Crippen LogP contribution in [0.4, 0.5) is 8.78 Å². The third-order valence-electron chi connectivity index (χ3n) is 6.35. The van der Waals surface area contributed by atoms with Crippen LogP contribution < -0.4 is 9.47 Å². The number of hydrogen-bond acceptors (Lipinski definition) is 6. The van der Waals surface area contributed by atoms with Gasteiger partial charge in [-0.05, 0) is 54.4 Å². The molecule has 0 bridgehead atoms. The van der Waals surface area contributed by atoms with E-state index in [1.165, 1.54) is 48.7 Å². The molecular weight excluding hydrogens is 494 g/mol. The van der Waals surface area contributed by atoms with Crippen molar-refractivity contribution in [1.29, 1.82) is 0 Å². The maximum absolute atomic E-state index is 15.5. The Hall–Kier alpha value is -4.27. The van der Waals surface area contributed by atoms with Crippen molar-refractivity contribution >= 4 is 17.4 Å². The Kier molecular flexibility index (Phi) is 8.35. The van der Waals surface area contributed by atoms with Gasteiger partial charge in [-0.1, -0.05) is 19.8 Å². The Balaban J connectivity index is 1.79. The van der Waals surface area contributed by atoms with Crippen molar-refractivity contribution in [3.05, 3.63) is 94.8 Å². The van der Waals surface area contributed by atoms with Gasteiger partial charge in [0.05, 0.1) is 25.3 Å². The minimum Gasteiger partial charge on any atom is -0.507 e. The van der Waals surface area contributed by atoms with Crippen LogP contribution in [0.5, 0.6) is 11.5 Å². The summed E-state index contributed by atoms with van der Waals surface area (Å²) in [6.07, 6.45) is 5.89. The highest BCUT2D eigenvalue weighted by molar-refractivity contribution is 6.46. The molecule has 1 aromatic heterocycles. The molecule has 2 aromatic carbocycles. The van der Waals surface area contributed by atoms with Crippen LogP contribution in [0.3, 0.4) is 0 Å². The van der Waals surface area contributed by atoms with Crippen LogP contribution in [0.1, 0.15) is 48.9 Å². The van der Waals surface area contributed by atoms with Crippen molar-refractivity contribution in [3.8, 4) is 11.5 Å². The normalized spacial score (nSPS) is 16.6. The minimum atomic E-state index is -1.26. The van der Waals surface area contributed by atoms with Gasteiger partial charge in [0.2, 0.25) is 0 Å². The number of benzene rings is 2. The number of rotatable bonds is 10. The zero-order chi connectivity index (χ0) is 27.2. The predicted octanol–water partition coefficient (Wildman–Crippen LogP) is 5.56. The van der Waals surface area contributed by atoms with E-state index in [2.05, 4.69) is 11.9 Å².